The average molecular weight is 342 g/mol. The molecule has 1 aromatic carbocycles. The lowest BCUT2D eigenvalue weighted by Crippen LogP contribution is -2.24. The van der Waals surface area contributed by atoms with Gasteiger partial charge in [0, 0.05) is 31.8 Å². The van der Waals surface area contributed by atoms with E-state index in [1.807, 2.05) is 33.0 Å². The van der Waals surface area contributed by atoms with Gasteiger partial charge < -0.3 is 15.0 Å². The van der Waals surface area contributed by atoms with E-state index >= 15 is 0 Å². The molecule has 2 amide bonds. The molecule has 1 aromatic heterocycles. The molecule has 0 bridgehead atoms. The standard InChI is InChI=1S/C18H22N4O3/c1-12-18(13(2)21(3)20-12)19-16(23)11-25-15-7-4-6-14(10-15)22-9-5-8-17(22)24/h4,6-7,10H,5,8-9,11H2,1-3H3,(H,19,23). The summed E-state index contributed by atoms with van der Waals surface area (Å²) in [4.78, 5) is 25.7. The van der Waals surface area contributed by atoms with Crippen LogP contribution in [0.2, 0.25) is 0 Å². The minimum absolute atomic E-state index is 0.106. The second kappa shape index (κ2) is 6.96. The number of carbonyl (C=O) groups excluding carboxylic acids is 2. The van der Waals surface area contributed by atoms with E-state index in [4.69, 9.17) is 4.74 Å². The molecule has 0 unspecified atom stereocenters. The van der Waals surface area contributed by atoms with Crippen molar-refractivity contribution in [1.29, 1.82) is 0 Å². The van der Waals surface area contributed by atoms with Crippen LogP contribution in [0.25, 0.3) is 0 Å². The Morgan fingerprint density at radius 2 is 2.16 bits per heavy atom. The third kappa shape index (κ3) is 3.65. The van der Waals surface area contributed by atoms with E-state index in [-0.39, 0.29) is 18.4 Å². The van der Waals surface area contributed by atoms with Gasteiger partial charge in [-0.05, 0) is 32.4 Å². The van der Waals surface area contributed by atoms with E-state index in [0.717, 1.165) is 30.0 Å². The minimum atomic E-state index is -0.248. The van der Waals surface area contributed by atoms with Crippen LogP contribution >= 0.6 is 0 Å². The van der Waals surface area contributed by atoms with E-state index in [9.17, 15) is 9.59 Å². The maximum absolute atomic E-state index is 12.2. The van der Waals surface area contributed by atoms with Crippen LogP contribution < -0.4 is 15.0 Å². The van der Waals surface area contributed by atoms with Gasteiger partial charge in [-0.1, -0.05) is 6.07 Å². The smallest absolute Gasteiger partial charge is 0.262 e. The first-order valence-corrected chi connectivity index (χ1v) is 8.29. The summed E-state index contributed by atoms with van der Waals surface area (Å²) < 4.78 is 7.31. The zero-order valence-electron chi connectivity index (χ0n) is 14.7. The first kappa shape index (κ1) is 17.0. The normalized spacial score (nSPS) is 14.0. The van der Waals surface area contributed by atoms with E-state index < -0.39 is 0 Å². The van der Waals surface area contributed by atoms with Crippen LogP contribution in [0.4, 0.5) is 11.4 Å². The number of hydrogen-bond donors (Lipinski definition) is 1. The van der Waals surface area contributed by atoms with Gasteiger partial charge in [0.1, 0.15) is 5.75 Å². The summed E-state index contributed by atoms with van der Waals surface area (Å²) in [6, 6.07) is 7.26. The minimum Gasteiger partial charge on any atom is -0.484 e. The molecule has 7 heteroatoms. The fourth-order valence-electron chi connectivity index (χ4n) is 2.94. The first-order chi connectivity index (χ1) is 12.0. The molecular weight excluding hydrogens is 320 g/mol. The summed E-state index contributed by atoms with van der Waals surface area (Å²) in [6.07, 6.45) is 1.45. The highest BCUT2D eigenvalue weighted by atomic mass is 16.5. The Morgan fingerprint density at radius 1 is 1.36 bits per heavy atom. The van der Waals surface area contributed by atoms with Crippen LogP contribution in [0.15, 0.2) is 24.3 Å². The lowest BCUT2D eigenvalue weighted by atomic mass is 10.3. The Morgan fingerprint density at radius 3 is 2.80 bits per heavy atom. The van der Waals surface area contributed by atoms with E-state index in [1.54, 1.807) is 21.7 Å². The Bertz CT molecular complexity index is 813. The number of aryl methyl sites for hydroxylation is 2. The van der Waals surface area contributed by atoms with Crippen molar-refractivity contribution in [2.45, 2.75) is 26.7 Å². The lowest BCUT2D eigenvalue weighted by molar-refractivity contribution is -0.118. The van der Waals surface area contributed by atoms with Crippen molar-refractivity contribution >= 4 is 23.2 Å². The van der Waals surface area contributed by atoms with Crippen molar-refractivity contribution in [2.75, 3.05) is 23.4 Å². The zero-order valence-corrected chi connectivity index (χ0v) is 14.7. The van der Waals surface area contributed by atoms with Gasteiger partial charge >= 0.3 is 0 Å². The Kier molecular flexibility index (Phi) is 4.74. The number of carbonyl (C=O) groups is 2. The second-order valence-electron chi connectivity index (χ2n) is 6.15. The van der Waals surface area contributed by atoms with Crippen molar-refractivity contribution in [3.05, 3.63) is 35.7 Å². The van der Waals surface area contributed by atoms with Gasteiger partial charge in [-0.25, -0.2) is 0 Å². The molecule has 1 fully saturated rings. The Balaban J connectivity index is 1.61. The largest absolute Gasteiger partial charge is 0.484 e. The highest BCUT2D eigenvalue weighted by Gasteiger charge is 2.22. The molecule has 2 aromatic rings. The van der Waals surface area contributed by atoms with Crippen molar-refractivity contribution in [3.63, 3.8) is 0 Å². The zero-order chi connectivity index (χ0) is 18.0. The maximum atomic E-state index is 12.2. The van der Waals surface area contributed by atoms with Crippen molar-refractivity contribution in [3.8, 4) is 5.75 Å². The molecule has 0 spiro atoms. The highest BCUT2D eigenvalue weighted by molar-refractivity contribution is 5.95. The molecule has 0 aliphatic carbocycles. The van der Waals surface area contributed by atoms with Gasteiger partial charge in [0.25, 0.3) is 5.91 Å². The van der Waals surface area contributed by atoms with Gasteiger partial charge in [0.15, 0.2) is 6.61 Å². The lowest BCUT2D eigenvalue weighted by Gasteiger charge is -2.16. The number of benzene rings is 1. The summed E-state index contributed by atoms with van der Waals surface area (Å²) in [5.74, 6) is 0.436. The first-order valence-electron chi connectivity index (χ1n) is 8.29. The van der Waals surface area contributed by atoms with Gasteiger partial charge in [0.2, 0.25) is 5.91 Å². The Hall–Kier alpha value is -2.83. The van der Waals surface area contributed by atoms with E-state index in [1.165, 1.54) is 0 Å². The number of hydrogen-bond acceptors (Lipinski definition) is 4. The van der Waals surface area contributed by atoms with Crippen molar-refractivity contribution in [1.82, 2.24) is 9.78 Å². The van der Waals surface area contributed by atoms with Gasteiger partial charge in [-0.3, -0.25) is 14.3 Å². The number of anilines is 2. The number of amides is 2. The summed E-state index contributed by atoms with van der Waals surface area (Å²) in [7, 11) is 1.83. The summed E-state index contributed by atoms with van der Waals surface area (Å²) in [6.45, 7) is 4.36. The fourth-order valence-corrected chi connectivity index (χ4v) is 2.94. The van der Waals surface area contributed by atoms with Gasteiger partial charge in [0.05, 0.1) is 17.1 Å². The fraction of sp³-hybridized carbons (Fsp3) is 0.389. The van der Waals surface area contributed by atoms with Crippen molar-refractivity contribution < 1.29 is 14.3 Å². The highest BCUT2D eigenvalue weighted by Crippen LogP contribution is 2.25. The van der Waals surface area contributed by atoms with E-state index in [2.05, 4.69) is 10.4 Å². The van der Waals surface area contributed by atoms with Gasteiger partial charge in [-0.15, -0.1) is 0 Å². The third-order valence-corrected chi connectivity index (χ3v) is 4.35. The summed E-state index contributed by atoms with van der Waals surface area (Å²) >= 11 is 0. The molecule has 3 rings (SSSR count). The Labute approximate surface area is 146 Å². The monoisotopic (exact) mass is 342 g/mol. The van der Waals surface area contributed by atoms with Crippen LogP contribution in [0.5, 0.6) is 5.75 Å². The quantitative estimate of drug-likeness (QED) is 0.903. The predicted molar refractivity (Wildman–Crippen MR) is 94.8 cm³/mol. The number of aromatic nitrogens is 2. The maximum Gasteiger partial charge on any atom is 0.262 e. The SMILES string of the molecule is Cc1nn(C)c(C)c1NC(=O)COc1cccc(N2CCCC2=O)c1. The molecular formula is C18H22N4O3. The summed E-state index contributed by atoms with van der Waals surface area (Å²) in [5, 5.41) is 7.10. The van der Waals surface area contributed by atoms with Crippen LogP contribution in [0.3, 0.4) is 0 Å². The molecule has 0 radical (unpaired) electrons. The van der Waals surface area contributed by atoms with Crippen LogP contribution in [0.1, 0.15) is 24.2 Å². The second-order valence-corrected chi connectivity index (χ2v) is 6.15. The molecule has 25 heavy (non-hydrogen) atoms. The number of rotatable bonds is 5. The molecule has 0 atom stereocenters. The summed E-state index contributed by atoms with van der Waals surface area (Å²) in [5.41, 5.74) is 3.18. The number of nitrogens with one attached hydrogen (secondary N) is 1. The predicted octanol–water partition coefficient (Wildman–Crippen LogP) is 2.18. The van der Waals surface area contributed by atoms with Crippen LogP contribution in [-0.2, 0) is 16.6 Å². The molecule has 1 aliphatic rings. The molecule has 1 N–H and O–H groups in total. The van der Waals surface area contributed by atoms with Gasteiger partial charge in [-0.2, -0.15) is 5.10 Å². The third-order valence-electron chi connectivity index (χ3n) is 4.35. The average Bonchev–Trinajstić information content (AvgIpc) is 3.12. The molecule has 0 saturated carbocycles. The van der Waals surface area contributed by atoms with Crippen LogP contribution in [0, 0.1) is 13.8 Å². The van der Waals surface area contributed by atoms with Crippen molar-refractivity contribution in [2.24, 2.45) is 7.05 Å². The van der Waals surface area contributed by atoms with Crippen LogP contribution in [-0.4, -0.2) is 34.7 Å². The molecule has 1 aliphatic heterocycles. The molecule has 7 nitrogen and oxygen atoms in total. The molecule has 2 heterocycles. The van der Waals surface area contributed by atoms with E-state index in [0.29, 0.717) is 17.9 Å². The molecule has 132 valence electrons. The topological polar surface area (TPSA) is 76.5 Å². The number of nitrogens with zero attached hydrogens (tertiary/aromatic N) is 3. The number of ether oxygens (including phenoxy) is 1. The molecule has 1 saturated heterocycles.